The van der Waals surface area contributed by atoms with E-state index in [1.807, 2.05) is 12.5 Å². The molecule has 1 aliphatic carbocycles. The number of piperazine rings is 1. The number of hydrogen-bond acceptors (Lipinski definition) is 5. The summed E-state index contributed by atoms with van der Waals surface area (Å²) in [5.74, 6) is 0. The Hall–Kier alpha value is -3.17. The van der Waals surface area contributed by atoms with Gasteiger partial charge in [-0.3, -0.25) is 4.99 Å². The lowest BCUT2D eigenvalue weighted by atomic mass is 9.93. The van der Waals surface area contributed by atoms with Gasteiger partial charge in [-0.05, 0) is 36.6 Å². The molecule has 2 aliphatic heterocycles. The predicted octanol–water partition coefficient (Wildman–Crippen LogP) is 4.75. The van der Waals surface area contributed by atoms with Gasteiger partial charge in [0.25, 0.3) is 0 Å². The lowest BCUT2D eigenvalue weighted by molar-refractivity contribution is 0.359. The fourth-order valence-corrected chi connectivity index (χ4v) is 5.64. The van der Waals surface area contributed by atoms with Crippen molar-refractivity contribution in [2.45, 2.75) is 44.6 Å². The van der Waals surface area contributed by atoms with Crippen molar-refractivity contribution in [3.05, 3.63) is 41.7 Å². The van der Waals surface area contributed by atoms with Crippen molar-refractivity contribution in [3.63, 3.8) is 0 Å². The molecular formula is C26H28N6. The number of rotatable bonds is 3. The minimum atomic E-state index is 0.572. The smallest absolute Gasteiger partial charge is 0.102 e. The maximum atomic E-state index is 9.98. The van der Waals surface area contributed by atoms with Gasteiger partial charge >= 0.3 is 0 Å². The third kappa shape index (κ3) is 3.20. The van der Waals surface area contributed by atoms with E-state index in [4.69, 9.17) is 9.98 Å². The maximum absolute atomic E-state index is 9.98. The van der Waals surface area contributed by atoms with Gasteiger partial charge < -0.3 is 14.8 Å². The number of benzene rings is 2. The molecule has 1 N–H and O–H groups in total. The summed E-state index contributed by atoms with van der Waals surface area (Å²) in [6.07, 6.45) is 11.2. The summed E-state index contributed by atoms with van der Waals surface area (Å²) in [6.45, 7) is 3.72. The predicted molar refractivity (Wildman–Crippen MR) is 129 cm³/mol. The minimum absolute atomic E-state index is 0.572. The van der Waals surface area contributed by atoms with Gasteiger partial charge in [0.15, 0.2) is 0 Å². The van der Waals surface area contributed by atoms with Crippen LogP contribution < -0.4 is 10.2 Å². The van der Waals surface area contributed by atoms with Gasteiger partial charge in [0.1, 0.15) is 6.07 Å². The number of imidazole rings is 1. The van der Waals surface area contributed by atoms with Crippen LogP contribution in [-0.2, 0) is 6.42 Å². The first-order chi connectivity index (χ1) is 15.8. The topological polar surface area (TPSA) is 69.2 Å². The highest BCUT2D eigenvalue weighted by atomic mass is 15.2. The lowest BCUT2D eigenvalue weighted by Gasteiger charge is -2.31. The molecule has 6 heteroatoms. The molecule has 1 aromatic heterocycles. The first-order valence-electron chi connectivity index (χ1n) is 11.9. The van der Waals surface area contributed by atoms with Crippen molar-refractivity contribution in [1.29, 1.82) is 5.26 Å². The van der Waals surface area contributed by atoms with Crippen LogP contribution in [0.25, 0.3) is 22.2 Å². The number of aliphatic imine (C=N–C) groups is 1. The van der Waals surface area contributed by atoms with Crippen LogP contribution in [0.15, 0.2) is 35.6 Å². The Morgan fingerprint density at radius 3 is 2.72 bits per heavy atom. The van der Waals surface area contributed by atoms with Crippen molar-refractivity contribution in [3.8, 4) is 17.2 Å². The fourth-order valence-electron chi connectivity index (χ4n) is 5.64. The van der Waals surface area contributed by atoms with E-state index in [9.17, 15) is 5.26 Å². The summed E-state index contributed by atoms with van der Waals surface area (Å²) >= 11 is 0. The van der Waals surface area contributed by atoms with Crippen molar-refractivity contribution in [1.82, 2.24) is 14.9 Å². The summed E-state index contributed by atoms with van der Waals surface area (Å²) in [7, 11) is 0. The summed E-state index contributed by atoms with van der Waals surface area (Å²) in [5.41, 5.74) is 8.33. The fraction of sp³-hybridized carbons (Fsp3) is 0.423. The molecule has 0 radical (unpaired) electrons. The van der Waals surface area contributed by atoms with Gasteiger partial charge in [0.2, 0.25) is 0 Å². The molecule has 3 aliphatic rings. The van der Waals surface area contributed by atoms with E-state index in [0.29, 0.717) is 6.04 Å². The Kier molecular flexibility index (Phi) is 4.92. The highest BCUT2D eigenvalue weighted by Crippen LogP contribution is 2.43. The Bertz CT molecular complexity index is 1240. The SMILES string of the molecule is N#Cc1c(N2CCNCC2)cc(-c2ccc3c(c2)ncn3C2CCCCC2)c2c1CC=N2. The van der Waals surface area contributed by atoms with Crippen LogP contribution in [0.3, 0.4) is 0 Å². The molecule has 162 valence electrons. The second-order valence-corrected chi connectivity index (χ2v) is 9.16. The second-order valence-electron chi connectivity index (χ2n) is 9.16. The molecular weight excluding hydrogens is 396 g/mol. The van der Waals surface area contributed by atoms with E-state index in [1.165, 1.54) is 37.6 Å². The molecule has 6 rings (SSSR count). The van der Waals surface area contributed by atoms with Crippen LogP contribution in [0.4, 0.5) is 11.4 Å². The first-order valence-corrected chi connectivity index (χ1v) is 11.9. The third-order valence-corrected chi connectivity index (χ3v) is 7.32. The molecule has 2 aromatic carbocycles. The van der Waals surface area contributed by atoms with Crippen LogP contribution in [-0.4, -0.2) is 41.9 Å². The molecule has 0 unspecified atom stereocenters. The van der Waals surface area contributed by atoms with E-state index < -0.39 is 0 Å². The number of nitrogens with zero attached hydrogens (tertiary/aromatic N) is 5. The van der Waals surface area contributed by atoms with Crippen molar-refractivity contribution >= 4 is 28.6 Å². The molecule has 6 nitrogen and oxygen atoms in total. The largest absolute Gasteiger partial charge is 0.368 e. The molecule has 0 amide bonds. The molecule has 2 fully saturated rings. The van der Waals surface area contributed by atoms with E-state index in [1.54, 1.807) is 0 Å². The zero-order valence-corrected chi connectivity index (χ0v) is 18.3. The summed E-state index contributed by atoms with van der Waals surface area (Å²) < 4.78 is 2.38. The summed E-state index contributed by atoms with van der Waals surface area (Å²) in [5, 5.41) is 13.4. The number of fused-ring (bicyclic) bond motifs is 2. The number of aromatic nitrogens is 2. The standard InChI is InChI=1S/C26H28N6/c27-16-22-20-8-9-29-26(20)21(15-25(22)31-12-10-28-11-13-31)18-6-7-24-23(14-18)30-17-32(24)19-4-2-1-3-5-19/h6-7,9,14-15,17,19,28H,1-5,8,10-13H2. The molecule has 3 aromatic rings. The monoisotopic (exact) mass is 424 g/mol. The molecule has 32 heavy (non-hydrogen) atoms. The van der Waals surface area contributed by atoms with Gasteiger partial charge in [-0.15, -0.1) is 0 Å². The van der Waals surface area contributed by atoms with Crippen LogP contribution in [0.2, 0.25) is 0 Å². The molecule has 0 atom stereocenters. The van der Waals surface area contributed by atoms with Crippen molar-refractivity contribution < 1.29 is 0 Å². The first kappa shape index (κ1) is 19.5. The number of hydrogen-bond donors (Lipinski definition) is 1. The average Bonchev–Trinajstić information content (AvgIpc) is 3.51. The Morgan fingerprint density at radius 2 is 1.91 bits per heavy atom. The molecule has 1 saturated carbocycles. The van der Waals surface area contributed by atoms with Crippen molar-refractivity contribution in [2.75, 3.05) is 31.1 Å². The highest BCUT2D eigenvalue weighted by molar-refractivity contribution is 5.94. The third-order valence-electron chi connectivity index (χ3n) is 7.32. The molecule has 0 spiro atoms. The Balaban J connectivity index is 1.45. The number of nitriles is 1. The zero-order chi connectivity index (χ0) is 21.5. The summed E-state index contributed by atoms with van der Waals surface area (Å²) in [6, 6.07) is 11.9. The van der Waals surface area contributed by atoms with Gasteiger partial charge in [-0.1, -0.05) is 25.3 Å². The van der Waals surface area contributed by atoms with Crippen LogP contribution in [0.5, 0.6) is 0 Å². The van der Waals surface area contributed by atoms with Crippen molar-refractivity contribution in [2.24, 2.45) is 4.99 Å². The molecule has 1 saturated heterocycles. The highest BCUT2D eigenvalue weighted by Gasteiger charge is 2.25. The normalized spacial score (nSPS) is 18.8. The van der Waals surface area contributed by atoms with E-state index in [-0.39, 0.29) is 0 Å². The second kappa shape index (κ2) is 8.07. The number of nitrogens with one attached hydrogen (secondary N) is 1. The zero-order valence-electron chi connectivity index (χ0n) is 18.3. The average molecular weight is 425 g/mol. The van der Waals surface area contributed by atoms with Gasteiger partial charge in [-0.2, -0.15) is 5.26 Å². The molecule has 0 bridgehead atoms. The summed E-state index contributed by atoms with van der Waals surface area (Å²) in [4.78, 5) is 11.8. The van der Waals surface area contributed by atoms with Crippen LogP contribution in [0, 0.1) is 11.3 Å². The van der Waals surface area contributed by atoms with Gasteiger partial charge in [-0.25, -0.2) is 4.98 Å². The van der Waals surface area contributed by atoms with Gasteiger partial charge in [0.05, 0.1) is 34.3 Å². The lowest BCUT2D eigenvalue weighted by Crippen LogP contribution is -2.43. The number of anilines is 1. The van der Waals surface area contributed by atoms with E-state index in [2.05, 4.69) is 45.1 Å². The quantitative estimate of drug-likeness (QED) is 0.659. The van der Waals surface area contributed by atoms with Gasteiger partial charge in [0, 0.05) is 56.0 Å². The minimum Gasteiger partial charge on any atom is -0.368 e. The van der Waals surface area contributed by atoms with E-state index >= 15 is 0 Å². The Morgan fingerprint density at radius 1 is 1.06 bits per heavy atom. The van der Waals surface area contributed by atoms with E-state index in [0.717, 1.165) is 71.7 Å². The Labute approximate surface area is 188 Å². The molecule has 3 heterocycles. The maximum Gasteiger partial charge on any atom is 0.102 e. The van der Waals surface area contributed by atoms with Crippen LogP contribution in [0.1, 0.15) is 49.3 Å². The van der Waals surface area contributed by atoms with Crippen LogP contribution >= 0.6 is 0 Å².